The molecule has 124 valence electrons. The van der Waals surface area contributed by atoms with E-state index in [1.807, 2.05) is 25.7 Å². The summed E-state index contributed by atoms with van der Waals surface area (Å²) in [4.78, 5) is 15.4. The maximum atomic E-state index is 13.2. The first-order chi connectivity index (χ1) is 9.74. The van der Waals surface area contributed by atoms with Crippen LogP contribution in [0.25, 0.3) is 0 Å². The molecule has 0 spiro atoms. The van der Waals surface area contributed by atoms with Crippen molar-refractivity contribution < 1.29 is 18.3 Å². The fourth-order valence-electron chi connectivity index (χ4n) is 2.20. The molecule has 0 unspecified atom stereocenters. The number of carbonyl (C=O) groups is 1. The molecule has 2 rings (SSSR count). The average Bonchev–Trinajstić information content (AvgIpc) is 2.35. The predicted molar refractivity (Wildman–Crippen MR) is 83.1 cm³/mol. The van der Waals surface area contributed by atoms with Gasteiger partial charge in [-0.1, -0.05) is 7.43 Å². The van der Waals surface area contributed by atoms with Gasteiger partial charge in [-0.2, -0.15) is 0 Å². The van der Waals surface area contributed by atoms with Crippen LogP contribution in [0.3, 0.4) is 0 Å². The number of anilines is 1. The fraction of sp³-hybridized carbons (Fsp3) is 0.562. The first kappa shape index (κ1) is 18.2. The van der Waals surface area contributed by atoms with Gasteiger partial charge >= 0.3 is 6.09 Å². The van der Waals surface area contributed by atoms with Crippen LogP contribution < -0.4 is 4.90 Å². The molecule has 0 radical (unpaired) electrons. The van der Waals surface area contributed by atoms with Gasteiger partial charge in [0.25, 0.3) is 0 Å². The van der Waals surface area contributed by atoms with E-state index in [1.54, 1.807) is 4.90 Å². The summed E-state index contributed by atoms with van der Waals surface area (Å²) in [6.45, 7) is 7.41. The summed E-state index contributed by atoms with van der Waals surface area (Å²) in [6.07, 6.45) is -0.354. The molecule has 0 N–H and O–H groups in total. The van der Waals surface area contributed by atoms with Crippen molar-refractivity contribution in [3.05, 3.63) is 29.8 Å². The molecule has 22 heavy (non-hydrogen) atoms. The highest BCUT2D eigenvalue weighted by atomic mass is 19.1. The van der Waals surface area contributed by atoms with Gasteiger partial charge in [0.15, 0.2) is 0 Å². The van der Waals surface area contributed by atoms with Crippen molar-refractivity contribution in [1.82, 2.24) is 4.90 Å². The molecule has 1 aromatic carbocycles. The van der Waals surface area contributed by atoms with Crippen molar-refractivity contribution in [3.8, 4) is 0 Å². The Hall–Kier alpha value is -1.85. The quantitative estimate of drug-likeness (QED) is 0.793. The summed E-state index contributed by atoms with van der Waals surface area (Å²) in [5, 5.41) is 0. The van der Waals surface area contributed by atoms with E-state index in [1.165, 1.54) is 12.1 Å². The number of halogens is 2. The van der Waals surface area contributed by atoms with Crippen LogP contribution in [-0.4, -0.2) is 42.8 Å². The second-order valence-corrected chi connectivity index (χ2v) is 6.08. The van der Waals surface area contributed by atoms with Crippen LogP contribution in [0.5, 0.6) is 0 Å². The zero-order valence-corrected chi connectivity index (χ0v) is 12.5. The van der Waals surface area contributed by atoms with Crippen molar-refractivity contribution in [2.45, 2.75) is 33.8 Å². The van der Waals surface area contributed by atoms with Gasteiger partial charge in [0.1, 0.15) is 17.2 Å². The summed E-state index contributed by atoms with van der Waals surface area (Å²) in [7, 11) is 0. The van der Waals surface area contributed by atoms with Gasteiger partial charge in [0.2, 0.25) is 0 Å². The highest BCUT2D eigenvalue weighted by molar-refractivity contribution is 5.68. The summed E-state index contributed by atoms with van der Waals surface area (Å²) >= 11 is 0. The van der Waals surface area contributed by atoms with Crippen LogP contribution in [0.1, 0.15) is 28.2 Å². The molecule has 0 bridgehead atoms. The molecule has 0 aromatic heterocycles. The number of carbonyl (C=O) groups excluding carboxylic acids is 1. The van der Waals surface area contributed by atoms with E-state index in [9.17, 15) is 13.6 Å². The number of piperazine rings is 1. The largest absolute Gasteiger partial charge is 0.444 e. The molecule has 1 saturated heterocycles. The summed E-state index contributed by atoms with van der Waals surface area (Å²) in [5.74, 6) is -1.20. The summed E-state index contributed by atoms with van der Waals surface area (Å²) in [5.41, 5.74) is -0.0313. The Bertz CT molecular complexity index is 501. The topological polar surface area (TPSA) is 32.8 Å². The van der Waals surface area contributed by atoms with Crippen LogP contribution in [0.2, 0.25) is 0 Å². The Morgan fingerprint density at radius 3 is 2.00 bits per heavy atom. The van der Waals surface area contributed by atoms with Crippen molar-refractivity contribution in [2.24, 2.45) is 0 Å². The monoisotopic (exact) mass is 314 g/mol. The minimum Gasteiger partial charge on any atom is -0.444 e. The van der Waals surface area contributed by atoms with Crippen LogP contribution in [0, 0.1) is 11.6 Å². The fourth-order valence-corrected chi connectivity index (χ4v) is 2.20. The Balaban J connectivity index is 0.00000242. The van der Waals surface area contributed by atoms with E-state index in [0.29, 0.717) is 31.9 Å². The molecule has 0 aliphatic carbocycles. The van der Waals surface area contributed by atoms with Gasteiger partial charge < -0.3 is 14.5 Å². The first-order valence-electron chi connectivity index (χ1n) is 6.93. The third-order valence-electron chi connectivity index (χ3n) is 3.14. The highest BCUT2D eigenvalue weighted by Gasteiger charge is 2.26. The van der Waals surface area contributed by atoms with Crippen LogP contribution in [0.15, 0.2) is 18.2 Å². The van der Waals surface area contributed by atoms with Crippen molar-refractivity contribution >= 4 is 11.8 Å². The summed E-state index contributed by atoms with van der Waals surface area (Å²) in [6, 6.07) is 3.44. The van der Waals surface area contributed by atoms with E-state index in [0.717, 1.165) is 6.07 Å². The lowest BCUT2D eigenvalue weighted by Gasteiger charge is -2.36. The smallest absolute Gasteiger partial charge is 0.410 e. The molecule has 1 aromatic rings. The van der Waals surface area contributed by atoms with E-state index in [-0.39, 0.29) is 13.5 Å². The number of amides is 1. The van der Waals surface area contributed by atoms with Crippen LogP contribution in [-0.2, 0) is 4.74 Å². The Kier molecular flexibility index (Phi) is 5.74. The zero-order valence-electron chi connectivity index (χ0n) is 12.5. The predicted octanol–water partition coefficient (Wildman–Crippen LogP) is 3.66. The Labute approximate surface area is 130 Å². The third kappa shape index (κ3) is 4.86. The second-order valence-electron chi connectivity index (χ2n) is 6.08. The number of ether oxygens (including phenoxy) is 1. The maximum Gasteiger partial charge on any atom is 0.410 e. The minimum absolute atomic E-state index is 0. The van der Waals surface area contributed by atoms with E-state index in [4.69, 9.17) is 4.74 Å². The van der Waals surface area contributed by atoms with Crippen molar-refractivity contribution in [2.75, 3.05) is 31.1 Å². The van der Waals surface area contributed by atoms with Gasteiger partial charge in [0, 0.05) is 37.9 Å². The third-order valence-corrected chi connectivity index (χ3v) is 3.14. The lowest BCUT2D eigenvalue weighted by molar-refractivity contribution is 0.0240. The Morgan fingerprint density at radius 2 is 1.55 bits per heavy atom. The maximum absolute atomic E-state index is 13.2. The Morgan fingerprint density at radius 1 is 1.05 bits per heavy atom. The molecular formula is C16H24F2N2O2. The van der Waals surface area contributed by atoms with E-state index in [2.05, 4.69) is 0 Å². The first-order valence-corrected chi connectivity index (χ1v) is 6.93. The normalized spacial score (nSPS) is 15.3. The standard InChI is InChI=1S/C15H20F2N2O2.CH4/c1-15(2,3)21-14(20)19-6-4-18(5-7-19)13-9-11(16)8-12(17)10-13;/h8-10H,4-7H2,1-3H3;1H4. The number of nitrogens with zero attached hydrogens (tertiary/aromatic N) is 2. The van der Waals surface area contributed by atoms with Gasteiger partial charge in [-0.3, -0.25) is 0 Å². The molecule has 1 aliphatic rings. The second kappa shape index (κ2) is 6.94. The number of hydrogen-bond acceptors (Lipinski definition) is 3. The molecule has 1 aliphatic heterocycles. The lowest BCUT2D eigenvalue weighted by atomic mass is 10.2. The average molecular weight is 314 g/mol. The zero-order chi connectivity index (χ0) is 15.6. The molecule has 1 fully saturated rings. The van der Waals surface area contributed by atoms with E-state index < -0.39 is 17.2 Å². The van der Waals surface area contributed by atoms with Crippen molar-refractivity contribution in [3.63, 3.8) is 0 Å². The number of rotatable bonds is 1. The van der Waals surface area contributed by atoms with Gasteiger partial charge in [0.05, 0.1) is 0 Å². The lowest BCUT2D eigenvalue weighted by Crippen LogP contribution is -2.50. The SMILES string of the molecule is C.CC(C)(C)OC(=O)N1CCN(c2cc(F)cc(F)c2)CC1. The van der Waals surface area contributed by atoms with Gasteiger partial charge in [-0.15, -0.1) is 0 Å². The van der Waals surface area contributed by atoms with Gasteiger partial charge in [-0.25, -0.2) is 13.6 Å². The number of benzene rings is 1. The molecular weight excluding hydrogens is 290 g/mol. The molecule has 0 saturated carbocycles. The van der Waals surface area contributed by atoms with Crippen LogP contribution >= 0.6 is 0 Å². The van der Waals surface area contributed by atoms with E-state index >= 15 is 0 Å². The molecule has 1 heterocycles. The summed E-state index contributed by atoms with van der Waals surface area (Å²) < 4.78 is 31.7. The van der Waals surface area contributed by atoms with Gasteiger partial charge in [-0.05, 0) is 32.9 Å². The highest BCUT2D eigenvalue weighted by Crippen LogP contribution is 2.20. The van der Waals surface area contributed by atoms with Crippen LogP contribution in [0.4, 0.5) is 19.3 Å². The number of hydrogen-bond donors (Lipinski definition) is 0. The molecule has 4 nitrogen and oxygen atoms in total. The molecule has 6 heteroatoms. The van der Waals surface area contributed by atoms with Crippen molar-refractivity contribution in [1.29, 1.82) is 0 Å². The minimum atomic E-state index is -0.598. The molecule has 1 amide bonds. The molecule has 0 atom stereocenters.